The Labute approximate surface area is 188 Å². The number of ether oxygens (including phenoxy) is 1. The summed E-state index contributed by atoms with van der Waals surface area (Å²) in [4.78, 5) is 28.6. The fraction of sp³-hybridized carbons (Fsp3) is 0.160. The minimum atomic E-state index is -1.02. The number of carboxylic acid groups (broad SMARTS) is 1. The Morgan fingerprint density at radius 2 is 1.79 bits per heavy atom. The van der Waals surface area contributed by atoms with E-state index in [1.807, 2.05) is 0 Å². The number of aryl methyl sites for hydroxylation is 2. The molecule has 6 nitrogen and oxygen atoms in total. The number of halogens is 2. The van der Waals surface area contributed by atoms with E-state index in [1.165, 1.54) is 12.1 Å². The SMILES string of the molecule is Cc1nc2c(OCc3c(F)cccc3F)cccn2c1C(=O)CCc1cccc(C(=O)O)c1. The minimum Gasteiger partial charge on any atom is -0.485 e. The third kappa shape index (κ3) is 4.59. The van der Waals surface area contributed by atoms with Crippen LogP contribution in [0.1, 0.15) is 44.1 Å². The molecule has 2 aromatic carbocycles. The summed E-state index contributed by atoms with van der Waals surface area (Å²) in [6, 6.07) is 13.3. The van der Waals surface area contributed by atoms with Crippen LogP contribution in [0.2, 0.25) is 0 Å². The lowest BCUT2D eigenvalue weighted by atomic mass is 10.0. The van der Waals surface area contributed by atoms with Gasteiger partial charge in [0, 0.05) is 12.6 Å². The van der Waals surface area contributed by atoms with E-state index < -0.39 is 17.6 Å². The van der Waals surface area contributed by atoms with Crippen molar-refractivity contribution >= 4 is 17.4 Å². The molecule has 0 fully saturated rings. The van der Waals surface area contributed by atoms with Crippen molar-refractivity contribution in [2.75, 3.05) is 0 Å². The van der Waals surface area contributed by atoms with Crippen LogP contribution in [0.5, 0.6) is 5.75 Å². The fourth-order valence-corrected chi connectivity index (χ4v) is 3.66. The third-order valence-corrected chi connectivity index (χ3v) is 5.30. The van der Waals surface area contributed by atoms with Crippen molar-refractivity contribution in [2.24, 2.45) is 0 Å². The Hall–Kier alpha value is -4.07. The van der Waals surface area contributed by atoms with E-state index in [0.717, 1.165) is 17.7 Å². The lowest BCUT2D eigenvalue weighted by Crippen LogP contribution is -2.08. The summed E-state index contributed by atoms with van der Waals surface area (Å²) in [7, 11) is 0. The van der Waals surface area contributed by atoms with Crippen LogP contribution in [0.4, 0.5) is 8.78 Å². The maximum Gasteiger partial charge on any atom is 0.335 e. The number of aromatic carboxylic acids is 1. The summed E-state index contributed by atoms with van der Waals surface area (Å²) in [6.07, 6.45) is 2.20. The Kier molecular flexibility index (Phi) is 6.17. The average molecular weight is 450 g/mol. The normalized spacial score (nSPS) is 11.0. The second-order valence-electron chi connectivity index (χ2n) is 7.53. The van der Waals surface area contributed by atoms with E-state index in [2.05, 4.69) is 4.98 Å². The van der Waals surface area contributed by atoms with Crippen LogP contribution in [0.3, 0.4) is 0 Å². The highest BCUT2D eigenvalue weighted by atomic mass is 19.1. The zero-order chi connectivity index (χ0) is 23.5. The molecular formula is C25H20F2N2O4. The first-order chi connectivity index (χ1) is 15.8. The number of rotatable bonds is 8. The molecule has 0 saturated heterocycles. The highest BCUT2D eigenvalue weighted by Crippen LogP contribution is 2.25. The molecule has 0 spiro atoms. The fourth-order valence-electron chi connectivity index (χ4n) is 3.66. The molecule has 0 atom stereocenters. The summed E-state index contributed by atoms with van der Waals surface area (Å²) < 4.78 is 35.1. The summed E-state index contributed by atoms with van der Waals surface area (Å²) in [5, 5.41) is 9.13. The van der Waals surface area contributed by atoms with Crippen molar-refractivity contribution in [3.8, 4) is 5.75 Å². The molecule has 2 heterocycles. The van der Waals surface area contributed by atoms with Crippen LogP contribution in [0.25, 0.3) is 5.65 Å². The molecule has 0 aliphatic carbocycles. The molecule has 4 rings (SSSR count). The molecule has 0 amide bonds. The van der Waals surface area contributed by atoms with E-state index in [0.29, 0.717) is 23.5 Å². The van der Waals surface area contributed by atoms with Crippen molar-refractivity contribution in [3.63, 3.8) is 0 Å². The van der Waals surface area contributed by atoms with E-state index in [9.17, 15) is 18.4 Å². The predicted octanol–water partition coefficient (Wildman–Crippen LogP) is 5.01. The van der Waals surface area contributed by atoms with Gasteiger partial charge in [-0.15, -0.1) is 0 Å². The van der Waals surface area contributed by atoms with Gasteiger partial charge in [-0.3, -0.25) is 9.20 Å². The molecule has 168 valence electrons. The van der Waals surface area contributed by atoms with E-state index in [4.69, 9.17) is 9.84 Å². The summed E-state index contributed by atoms with van der Waals surface area (Å²) >= 11 is 0. The van der Waals surface area contributed by atoms with Gasteiger partial charge in [-0.2, -0.15) is 0 Å². The van der Waals surface area contributed by atoms with Gasteiger partial charge in [-0.1, -0.05) is 18.2 Å². The number of hydrogen-bond acceptors (Lipinski definition) is 4. The number of carbonyl (C=O) groups excluding carboxylic acids is 1. The first-order valence-electron chi connectivity index (χ1n) is 10.2. The molecule has 2 aromatic heterocycles. The number of fused-ring (bicyclic) bond motifs is 1. The summed E-state index contributed by atoms with van der Waals surface area (Å²) in [5.74, 6) is -2.31. The molecule has 0 aliphatic heterocycles. The van der Waals surface area contributed by atoms with Gasteiger partial charge in [0.25, 0.3) is 0 Å². The number of nitrogens with zero attached hydrogens (tertiary/aromatic N) is 2. The number of pyridine rings is 1. The standard InChI is InChI=1S/C25H20F2N2O4/c1-15-23(21(30)11-10-16-5-2-6-17(13-16)25(31)32)29-12-4-9-22(24(29)28-15)33-14-18-19(26)7-3-8-20(18)27/h2-9,12-13H,10-11,14H2,1H3,(H,31,32). The molecular weight excluding hydrogens is 430 g/mol. The number of carbonyl (C=O) groups is 2. The Morgan fingerprint density at radius 1 is 1.06 bits per heavy atom. The van der Waals surface area contributed by atoms with Crippen molar-refractivity contribution in [1.82, 2.24) is 9.38 Å². The molecule has 0 radical (unpaired) electrons. The lowest BCUT2D eigenvalue weighted by molar-refractivity contribution is 0.0696. The lowest BCUT2D eigenvalue weighted by Gasteiger charge is -2.09. The second-order valence-corrected chi connectivity index (χ2v) is 7.53. The van der Waals surface area contributed by atoms with Crippen LogP contribution in [-0.2, 0) is 13.0 Å². The molecule has 33 heavy (non-hydrogen) atoms. The molecule has 8 heteroatoms. The van der Waals surface area contributed by atoms with Gasteiger partial charge in [-0.25, -0.2) is 18.6 Å². The van der Waals surface area contributed by atoms with Gasteiger partial charge in [0.15, 0.2) is 17.2 Å². The predicted molar refractivity (Wildman–Crippen MR) is 117 cm³/mol. The Balaban J connectivity index is 1.55. The maximum atomic E-state index is 13.9. The zero-order valence-corrected chi connectivity index (χ0v) is 17.7. The highest BCUT2D eigenvalue weighted by molar-refractivity contribution is 5.97. The molecule has 4 aromatic rings. The number of imidazole rings is 1. The van der Waals surface area contributed by atoms with E-state index in [-0.39, 0.29) is 35.7 Å². The number of aromatic nitrogens is 2. The Morgan fingerprint density at radius 3 is 2.52 bits per heavy atom. The first-order valence-corrected chi connectivity index (χ1v) is 10.2. The van der Waals surface area contributed by atoms with Gasteiger partial charge in [-0.05, 0) is 55.3 Å². The third-order valence-electron chi connectivity index (χ3n) is 5.30. The molecule has 0 aliphatic rings. The number of carboxylic acids is 1. The van der Waals surface area contributed by atoms with Crippen LogP contribution < -0.4 is 4.74 Å². The van der Waals surface area contributed by atoms with Crippen molar-refractivity contribution < 1.29 is 28.2 Å². The number of benzene rings is 2. The van der Waals surface area contributed by atoms with E-state index >= 15 is 0 Å². The van der Waals surface area contributed by atoms with Crippen LogP contribution in [0.15, 0.2) is 60.8 Å². The Bertz CT molecular complexity index is 1340. The first kappa shape index (κ1) is 22.1. The van der Waals surface area contributed by atoms with Gasteiger partial charge in [0.2, 0.25) is 0 Å². The van der Waals surface area contributed by atoms with Gasteiger partial charge >= 0.3 is 5.97 Å². The largest absolute Gasteiger partial charge is 0.485 e. The maximum absolute atomic E-state index is 13.9. The molecule has 0 saturated carbocycles. The highest BCUT2D eigenvalue weighted by Gasteiger charge is 2.19. The molecule has 1 N–H and O–H groups in total. The average Bonchev–Trinajstić information content (AvgIpc) is 3.14. The topological polar surface area (TPSA) is 80.9 Å². The minimum absolute atomic E-state index is 0.156. The zero-order valence-electron chi connectivity index (χ0n) is 17.7. The molecule has 0 unspecified atom stereocenters. The van der Waals surface area contributed by atoms with Crippen LogP contribution in [-0.4, -0.2) is 26.2 Å². The van der Waals surface area contributed by atoms with Crippen LogP contribution in [0, 0.1) is 18.6 Å². The summed E-state index contributed by atoms with van der Waals surface area (Å²) in [5.41, 5.74) is 1.95. The smallest absolute Gasteiger partial charge is 0.335 e. The van der Waals surface area contributed by atoms with Gasteiger partial charge < -0.3 is 9.84 Å². The second kappa shape index (κ2) is 9.20. The van der Waals surface area contributed by atoms with Crippen molar-refractivity contribution in [3.05, 3.63) is 101 Å². The number of ketones is 1. The number of Topliss-reactive ketones (excluding diaryl/α,β-unsaturated/α-hetero) is 1. The van der Waals surface area contributed by atoms with E-state index in [1.54, 1.807) is 47.9 Å². The van der Waals surface area contributed by atoms with Gasteiger partial charge in [0.05, 0.1) is 16.8 Å². The van der Waals surface area contributed by atoms with Crippen molar-refractivity contribution in [1.29, 1.82) is 0 Å². The number of hydrogen-bond donors (Lipinski definition) is 1. The van der Waals surface area contributed by atoms with Gasteiger partial charge in [0.1, 0.15) is 23.9 Å². The monoisotopic (exact) mass is 450 g/mol. The quantitative estimate of drug-likeness (QED) is 0.382. The van der Waals surface area contributed by atoms with Crippen LogP contribution >= 0.6 is 0 Å². The van der Waals surface area contributed by atoms with Crippen molar-refractivity contribution in [2.45, 2.75) is 26.4 Å². The summed E-state index contributed by atoms with van der Waals surface area (Å²) in [6.45, 7) is 1.37. The molecule has 0 bridgehead atoms.